The second-order valence-electron chi connectivity index (χ2n) is 10.1. The van der Waals surface area contributed by atoms with Crippen molar-refractivity contribution in [2.75, 3.05) is 33.3 Å². The lowest BCUT2D eigenvalue weighted by molar-refractivity contribution is -0.0676. The first-order chi connectivity index (χ1) is 18.7. The molecule has 10 heteroatoms. The molecule has 0 aliphatic carbocycles. The van der Waals surface area contributed by atoms with E-state index in [1.807, 2.05) is 0 Å². The maximum absolute atomic E-state index is 15.1. The number of ether oxygens (including phenoxy) is 1. The van der Waals surface area contributed by atoms with Gasteiger partial charge in [0, 0.05) is 43.2 Å². The number of halogens is 3. The molecule has 1 spiro atoms. The van der Waals surface area contributed by atoms with Gasteiger partial charge in [-0.15, -0.1) is 0 Å². The van der Waals surface area contributed by atoms with Gasteiger partial charge in [-0.05, 0) is 60.7 Å². The van der Waals surface area contributed by atoms with Gasteiger partial charge in [0.25, 0.3) is 11.8 Å². The van der Waals surface area contributed by atoms with Crippen LogP contribution in [-0.4, -0.2) is 71.1 Å². The average Bonchev–Trinajstić information content (AvgIpc) is 2.94. The van der Waals surface area contributed by atoms with Crippen LogP contribution in [0, 0.1) is 17.0 Å². The Morgan fingerprint density at radius 1 is 0.974 bits per heavy atom. The Labute approximate surface area is 230 Å². The predicted molar refractivity (Wildman–Crippen MR) is 142 cm³/mol. The summed E-state index contributed by atoms with van der Waals surface area (Å²) < 4.78 is 33.4. The topological polar surface area (TPSA) is 83.0 Å². The van der Waals surface area contributed by atoms with Crippen molar-refractivity contribution in [3.63, 3.8) is 0 Å². The van der Waals surface area contributed by atoms with Crippen molar-refractivity contribution in [3.8, 4) is 17.0 Å². The molecule has 2 aromatic carbocycles. The van der Waals surface area contributed by atoms with Crippen molar-refractivity contribution >= 4 is 23.4 Å². The Hall–Kier alpha value is -3.56. The van der Waals surface area contributed by atoms with Gasteiger partial charge in [-0.2, -0.15) is 0 Å². The number of aliphatic hydroxyl groups excluding tert-OH is 1. The molecule has 1 aromatic heterocycles. The van der Waals surface area contributed by atoms with Gasteiger partial charge in [0.1, 0.15) is 16.8 Å². The number of nitrogens with zero attached hydrogens (tertiary/aromatic N) is 3. The molecule has 0 bridgehead atoms. The highest BCUT2D eigenvalue weighted by Gasteiger charge is 2.46. The number of carbonyl (C=O) groups excluding carboxylic acids is 2. The molecule has 5 rings (SSSR count). The smallest absolute Gasteiger partial charge is 0.256 e. The molecule has 7 nitrogen and oxygen atoms in total. The fourth-order valence-electron chi connectivity index (χ4n) is 5.53. The summed E-state index contributed by atoms with van der Waals surface area (Å²) in [5.41, 5.74) is 0.901. The maximum Gasteiger partial charge on any atom is 0.256 e. The van der Waals surface area contributed by atoms with E-state index >= 15 is 4.39 Å². The van der Waals surface area contributed by atoms with E-state index in [0.717, 1.165) is 0 Å². The molecule has 2 amide bonds. The van der Waals surface area contributed by atoms with Gasteiger partial charge in [-0.25, -0.2) is 13.8 Å². The Kier molecular flexibility index (Phi) is 7.55. The highest BCUT2D eigenvalue weighted by Crippen LogP contribution is 2.41. The molecule has 3 aromatic rings. The molecule has 1 unspecified atom stereocenters. The second-order valence-corrected chi connectivity index (χ2v) is 10.5. The van der Waals surface area contributed by atoms with E-state index in [1.54, 1.807) is 28.0 Å². The van der Waals surface area contributed by atoms with E-state index in [2.05, 4.69) is 4.98 Å². The zero-order valence-corrected chi connectivity index (χ0v) is 22.1. The van der Waals surface area contributed by atoms with Crippen LogP contribution in [0.25, 0.3) is 11.1 Å². The van der Waals surface area contributed by atoms with Crippen LogP contribution in [0.1, 0.15) is 40.0 Å². The number of carbonyl (C=O) groups is 2. The van der Waals surface area contributed by atoms with Crippen molar-refractivity contribution in [2.45, 2.75) is 25.4 Å². The van der Waals surface area contributed by atoms with E-state index in [0.29, 0.717) is 55.6 Å². The number of pyridine rings is 1. The third-order valence-corrected chi connectivity index (χ3v) is 8.02. The van der Waals surface area contributed by atoms with Crippen LogP contribution in [-0.2, 0) is 0 Å². The van der Waals surface area contributed by atoms with Gasteiger partial charge >= 0.3 is 0 Å². The molecule has 1 N–H and O–H groups in total. The summed E-state index contributed by atoms with van der Waals surface area (Å²) in [4.78, 5) is 33.7. The molecule has 1 atom stereocenters. The lowest BCUT2D eigenvalue weighted by atomic mass is 9.70. The Balaban J connectivity index is 1.28. The SMILES string of the molecule is COc1cc(C(=O)N2CCC3(CC2)CN(C(=O)c2ccc(-c4ccc(F)cc4)cc2F)CCC3O)cc(Cl)n1. The predicted octanol–water partition coefficient (Wildman–Crippen LogP) is 4.82. The van der Waals surface area contributed by atoms with Crippen molar-refractivity contribution in [3.05, 3.63) is 82.5 Å². The minimum Gasteiger partial charge on any atom is -0.481 e. The van der Waals surface area contributed by atoms with E-state index in [1.165, 1.54) is 43.5 Å². The van der Waals surface area contributed by atoms with E-state index in [4.69, 9.17) is 16.3 Å². The number of aliphatic hydroxyl groups is 1. The zero-order valence-electron chi connectivity index (χ0n) is 21.4. The number of hydrogen-bond acceptors (Lipinski definition) is 5. The summed E-state index contributed by atoms with van der Waals surface area (Å²) in [5.74, 6) is -1.46. The first-order valence-corrected chi connectivity index (χ1v) is 13.1. The molecular formula is C29H28ClF2N3O4. The quantitative estimate of drug-likeness (QED) is 0.467. The summed E-state index contributed by atoms with van der Waals surface area (Å²) >= 11 is 6.03. The Morgan fingerprint density at radius 2 is 1.67 bits per heavy atom. The Bertz CT molecular complexity index is 1390. The number of benzene rings is 2. The van der Waals surface area contributed by atoms with Crippen molar-refractivity contribution in [2.24, 2.45) is 5.41 Å². The minimum atomic E-state index is -0.658. The van der Waals surface area contributed by atoms with Gasteiger partial charge in [0.15, 0.2) is 0 Å². The average molecular weight is 556 g/mol. The van der Waals surface area contributed by atoms with E-state index in [9.17, 15) is 19.1 Å². The standard InChI is InChI=1S/C29H28ClF2N3O4/c1-39-26-16-20(15-25(30)33-26)27(37)34-12-9-29(10-13-34)17-35(11-8-24(29)36)28(38)22-7-4-19(14-23(22)32)18-2-5-21(31)6-3-18/h2-7,14-16,24,36H,8-13,17H2,1H3. The number of likely N-dealkylation sites (tertiary alicyclic amines) is 2. The normalized spacial score (nSPS) is 18.7. The summed E-state index contributed by atoms with van der Waals surface area (Å²) in [6.07, 6.45) is 0.712. The lowest BCUT2D eigenvalue weighted by Crippen LogP contribution is -2.58. The van der Waals surface area contributed by atoms with E-state index in [-0.39, 0.29) is 34.9 Å². The number of amides is 2. The molecule has 3 heterocycles. The monoisotopic (exact) mass is 555 g/mol. The molecule has 2 fully saturated rings. The fraction of sp³-hybridized carbons (Fsp3) is 0.345. The third-order valence-electron chi connectivity index (χ3n) is 7.82. The molecule has 39 heavy (non-hydrogen) atoms. The van der Waals surface area contributed by atoms with Crippen LogP contribution in [0.2, 0.25) is 5.15 Å². The third kappa shape index (κ3) is 5.46. The van der Waals surface area contributed by atoms with Crippen LogP contribution < -0.4 is 4.74 Å². The number of methoxy groups -OCH3 is 1. The van der Waals surface area contributed by atoms with Crippen molar-refractivity contribution in [1.82, 2.24) is 14.8 Å². The van der Waals surface area contributed by atoms with Gasteiger partial charge in [0.05, 0.1) is 18.8 Å². The zero-order chi connectivity index (χ0) is 27.7. The highest BCUT2D eigenvalue weighted by molar-refractivity contribution is 6.29. The summed E-state index contributed by atoms with van der Waals surface area (Å²) in [7, 11) is 1.45. The maximum atomic E-state index is 15.1. The number of rotatable bonds is 4. The van der Waals surface area contributed by atoms with Gasteiger partial charge in [-0.3, -0.25) is 9.59 Å². The highest BCUT2D eigenvalue weighted by atomic mass is 35.5. The Morgan fingerprint density at radius 3 is 2.33 bits per heavy atom. The first kappa shape index (κ1) is 27.0. The van der Waals surface area contributed by atoms with Crippen molar-refractivity contribution < 1.29 is 28.2 Å². The number of hydrogen-bond donors (Lipinski definition) is 1. The largest absolute Gasteiger partial charge is 0.481 e. The molecule has 2 aliphatic rings. The van der Waals surface area contributed by atoms with Crippen LogP contribution in [0.15, 0.2) is 54.6 Å². The van der Waals surface area contributed by atoms with E-state index < -0.39 is 23.2 Å². The minimum absolute atomic E-state index is 0.0523. The van der Waals surface area contributed by atoms with Crippen LogP contribution >= 0.6 is 11.6 Å². The fourth-order valence-corrected chi connectivity index (χ4v) is 5.73. The van der Waals surface area contributed by atoms with Crippen LogP contribution in [0.4, 0.5) is 8.78 Å². The van der Waals surface area contributed by atoms with Gasteiger partial charge in [0.2, 0.25) is 5.88 Å². The number of piperidine rings is 2. The van der Waals surface area contributed by atoms with Gasteiger partial charge in [-0.1, -0.05) is 29.8 Å². The lowest BCUT2D eigenvalue weighted by Gasteiger charge is -2.50. The van der Waals surface area contributed by atoms with Crippen molar-refractivity contribution in [1.29, 1.82) is 0 Å². The van der Waals surface area contributed by atoms with Crippen LogP contribution in [0.3, 0.4) is 0 Å². The van der Waals surface area contributed by atoms with Crippen LogP contribution in [0.5, 0.6) is 5.88 Å². The summed E-state index contributed by atoms with van der Waals surface area (Å²) in [6.45, 7) is 1.35. The molecule has 0 radical (unpaired) electrons. The van der Waals surface area contributed by atoms with Gasteiger partial charge < -0.3 is 19.6 Å². The molecular weight excluding hydrogens is 528 g/mol. The molecule has 2 saturated heterocycles. The molecule has 0 saturated carbocycles. The molecule has 204 valence electrons. The summed E-state index contributed by atoms with van der Waals surface area (Å²) in [6, 6.07) is 13.1. The molecule has 2 aliphatic heterocycles. The number of aromatic nitrogens is 1. The summed E-state index contributed by atoms with van der Waals surface area (Å²) in [5, 5.41) is 11.1. The first-order valence-electron chi connectivity index (χ1n) is 12.7. The second kappa shape index (κ2) is 10.9.